The van der Waals surface area contributed by atoms with Crippen molar-refractivity contribution in [2.24, 2.45) is 0 Å². The summed E-state index contributed by atoms with van der Waals surface area (Å²) in [6.07, 6.45) is 0.231. The second kappa shape index (κ2) is 5.37. The van der Waals surface area contributed by atoms with Gasteiger partial charge in [-0.2, -0.15) is 0 Å². The first kappa shape index (κ1) is 11.5. The van der Waals surface area contributed by atoms with Gasteiger partial charge in [0.15, 0.2) is 0 Å². The summed E-state index contributed by atoms with van der Waals surface area (Å²) < 4.78 is 6.26. The molecule has 1 unspecified atom stereocenters. The lowest BCUT2D eigenvalue weighted by atomic mass is 10.2. The summed E-state index contributed by atoms with van der Waals surface area (Å²) in [5.41, 5.74) is 2.37. The third-order valence-corrected chi connectivity index (χ3v) is 2.50. The van der Waals surface area contributed by atoms with Crippen molar-refractivity contribution in [1.82, 2.24) is 0 Å². The number of rotatable bonds is 4. The molecule has 1 rings (SSSR count). The third-order valence-electron chi connectivity index (χ3n) is 2.04. The summed E-state index contributed by atoms with van der Waals surface area (Å²) in [7, 11) is 1.72. The van der Waals surface area contributed by atoms with Crippen LogP contribution in [0.1, 0.15) is 12.5 Å². The SMILES string of the molecule is COC(C)CNc1cc(C)cc(Br)c1. The summed E-state index contributed by atoms with van der Waals surface area (Å²) in [6, 6.07) is 6.27. The molecular formula is C11H16BrNO. The van der Waals surface area contributed by atoms with Crippen LogP contribution in [-0.4, -0.2) is 19.8 Å². The molecule has 1 aromatic rings. The van der Waals surface area contributed by atoms with Gasteiger partial charge in [-0.25, -0.2) is 0 Å². The molecule has 3 heteroatoms. The number of methoxy groups -OCH3 is 1. The molecule has 0 fully saturated rings. The van der Waals surface area contributed by atoms with E-state index in [1.165, 1.54) is 5.56 Å². The summed E-state index contributed by atoms with van der Waals surface area (Å²) in [6.45, 7) is 4.94. The molecule has 1 atom stereocenters. The molecule has 2 nitrogen and oxygen atoms in total. The van der Waals surface area contributed by atoms with Crippen LogP contribution in [0.4, 0.5) is 5.69 Å². The van der Waals surface area contributed by atoms with E-state index in [4.69, 9.17) is 4.74 Å². The lowest BCUT2D eigenvalue weighted by Crippen LogP contribution is -2.18. The maximum Gasteiger partial charge on any atom is 0.0715 e. The summed E-state index contributed by atoms with van der Waals surface area (Å²) in [5, 5.41) is 3.32. The Morgan fingerprint density at radius 1 is 1.43 bits per heavy atom. The van der Waals surface area contributed by atoms with E-state index in [9.17, 15) is 0 Å². The van der Waals surface area contributed by atoms with Crippen LogP contribution in [0.25, 0.3) is 0 Å². The predicted molar refractivity (Wildman–Crippen MR) is 63.8 cm³/mol. The summed E-state index contributed by atoms with van der Waals surface area (Å²) >= 11 is 3.47. The van der Waals surface area contributed by atoms with E-state index in [2.05, 4.69) is 46.4 Å². The fourth-order valence-corrected chi connectivity index (χ4v) is 1.79. The molecule has 0 radical (unpaired) electrons. The number of benzene rings is 1. The highest BCUT2D eigenvalue weighted by Gasteiger charge is 2.00. The monoisotopic (exact) mass is 257 g/mol. The van der Waals surface area contributed by atoms with Crippen LogP contribution >= 0.6 is 15.9 Å². The largest absolute Gasteiger partial charge is 0.382 e. The molecule has 0 saturated carbocycles. The second-order valence-electron chi connectivity index (χ2n) is 3.44. The van der Waals surface area contributed by atoms with Crippen molar-refractivity contribution >= 4 is 21.6 Å². The smallest absolute Gasteiger partial charge is 0.0715 e. The maximum absolute atomic E-state index is 5.16. The van der Waals surface area contributed by atoms with Crippen LogP contribution in [0.2, 0.25) is 0 Å². The van der Waals surface area contributed by atoms with E-state index >= 15 is 0 Å². The maximum atomic E-state index is 5.16. The highest BCUT2D eigenvalue weighted by Crippen LogP contribution is 2.18. The number of hydrogen-bond donors (Lipinski definition) is 1. The Bertz CT molecular complexity index is 281. The van der Waals surface area contributed by atoms with Crippen molar-refractivity contribution in [2.45, 2.75) is 20.0 Å². The summed E-state index contributed by atoms with van der Waals surface area (Å²) in [5.74, 6) is 0. The second-order valence-corrected chi connectivity index (χ2v) is 4.36. The van der Waals surface area contributed by atoms with Gasteiger partial charge in [0.25, 0.3) is 0 Å². The molecule has 0 bridgehead atoms. The van der Waals surface area contributed by atoms with Gasteiger partial charge >= 0.3 is 0 Å². The topological polar surface area (TPSA) is 21.3 Å². The molecule has 0 aromatic heterocycles. The first-order valence-electron chi connectivity index (χ1n) is 4.65. The van der Waals surface area contributed by atoms with Gasteiger partial charge in [-0.15, -0.1) is 0 Å². The molecule has 0 heterocycles. The normalized spacial score (nSPS) is 12.6. The van der Waals surface area contributed by atoms with Crippen molar-refractivity contribution in [3.63, 3.8) is 0 Å². The molecule has 1 aromatic carbocycles. The van der Waals surface area contributed by atoms with Crippen LogP contribution < -0.4 is 5.32 Å². The minimum Gasteiger partial charge on any atom is -0.382 e. The van der Waals surface area contributed by atoms with E-state index in [1.54, 1.807) is 7.11 Å². The van der Waals surface area contributed by atoms with Gasteiger partial charge in [0.1, 0.15) is 0 Å². The zero-order valence-electron chi connectivity index (χ0n) is 8.80. The number of anilines is 1. The van der Waals surface area contributed by atoms with Crippen LogP contribution in [0.15, 0.2) is 22.7 Å². The van der Waals surface area contributed by atoms with Crippen LogP contribution in [0.3, 0.4) is 0 Å². The molecule has 0 amide bonds. The predicted octanol–water partition coefficient (Wildman–Crippen LogP) is 3.20. The zero-order valence-corrected chi connectivity index (χ0v) is 10.4. The Labute approximate surface area is 93.8 Å². The number of halogens is 1. The Hall–Kier alpha value is -0.540. The lowest BCUT2D eigenvalue weighted by Gasteiger charge is -2.12. The van der Waals surface area contributed by atoms with Gasteiger partial charge in [-0.3, -0.25) is 0 Å². The number of ether oxygens (including phenoxy) is 1. The van der Waals surface area contributed by atoms with Crippen molar-refractivity contribution in [3.8, 4) is 0 Å². The molecule has 0 aliphatic heterocycles. The number of nitrogens with one attached hydrogen (secondary N) is 1. The molecule has 14 heavy (non-hydrogen) atoms. The van der Waals surface area contributed by atoms with Gasteiger partial charge in [-0.1, -0.05) is 15.9 Å². The average Bonchev–Trinajstić information content (AvgIpc) is 2.12. The molecule has 0 spiro atoms. The zero-order chi connectivity index (χ0) is 10.6. The van der Waals surface area contributed by atoms with Gasteiger partial charge in [0.2, 0.25) is 0 Å². The summed E-state index contributed by atoms with van der Waals surface area (Å²) in [4.78, 5) is 0. The minimum absolute atomic E-state index is 0.231. The third kappa shape index (κ3) is 3.68. The lowest BCUT2D eigenvalue weighted by molar-refractivity contribution is 0.129. The van der Waals surface area contributed by atoms with E-state index in [0.29, 0.717) is 0 Å². The fraction of sp³-hybridized carbons (Fsp3) is 0.455. The van der Waals surface area contributed by atoms with Crippen molar-refractivity contribution in [1.29, 1.82) is 0 Å². The van der Waals surface area contributed by atoms with Gasteiger partial charge in [0.05, 0.1) is 6.10 Å². The van der Waals surface area contributed by atoms with Crippen LogP contribution in [0, 0.1) is 6.92 Å². The molecule has 78 valence electrons. The van der Waals surface area contributed by atoms with E-state index in [0.717, 1.165) is 16.7 Å². The molecule has 1 N–H and O–H groups in total. The van der Waals surface area contributed by atoms with Gasteiger partial charge in [0, 0.05) is 23.8 Å². The van der Waals surface area contributed by atoms with Gasteiger partial charge < -0.3 is 10.1 Å². The average molecular weight is 258 g/mol. The Balaban J connectivity index is 2.58. The Kier molecular flexibility index (Phi) is 4.42. The Morgan fingerprint density at radius 3 is 2.71 bits per heavy atom. The van der Waals surface area contributed by atoms with E-state index < -0.39 is 0 Å². The fourth-order valence-electron chi connectivity index (χ4n) is 1.18. The molecule has 0 aliphatic rings. The highest BCUT2D eigenvalue weighted by atomic mass is 79.9. The Morgan fingerprint density at radius 2 is 2.14 bits per heavy atom. The van der Waals surface area contributed by atoms with E-state index in [1.807, 2.05) is 6.92 Å². The van der Waals surface area contributed by atoms with Crippen molar-refractivity contribution in [3.05, 3.63) is 28.2 Å². The molecular weight excluding hydrogens is 242 g/mol. The quantitative estimate of drug-likeness (QED) is 0.895. The number of hydrogen-bond acceptors (Lipinski definition) is 2. The molecule has 0 aliphatic carbocycles. The van der Waals surface area contributed by atoms with Crippen LogP contribution in [-0.2, 0) is 4.74 Å². The minimum atomic E-state index is 0.231. The van der Waals surface area contributed by atoms with E-state index in [-0.39, 0.29) is 6.10 Å². The standard InChI is InChI=1S/C11H16BrNO/c1-8-4-10(12)6-11(5-8)13-7-9(2)14-3/h4-6,9,13H,7H2,1-3H3. The highest BCUT2D eigenvalue weighted by molar-refractivity contribution is 9.10. The van der Waals surface area contributed by atoms with Crippen LogP contribution in [0.5, 0.6) is 0 Å². The first-order chi connectivity index (χ1) is 6.61. The van der Waals surface area contributed by atoms with Crippen molar-refractivity contribution in [2.75, 3.05) is 19.0 Å². The van der Waals surface area contributed by atoms with Gasteiger partial charge in [-0.05, 0) is 37.6 Å². The van der Waals surface area contributed by atoms with Crippen molar-refractivity contribution < 1.29 is 4.74 Å². The number of aryl methyl sites for hydroxylation is 1. The first-order valence-corrected chi connectivity index (χ1v) is 5.45. The molecule has 0 saturated heterocycles.